The summed E-state index contributed by atoms with van der Waals surface area (Å²) in [5.74, 6) is 1.27. The molecule has 2 aromatic rings. The number of nitrogens with one attached hydrogen (secondary N) is 1. The van der Waals surface area contributed by atoms with Crippen LogP contribution >= 0.6 is 11.6 Å². The number of rotatable bonds is 2. The summed E-state index contributed by atoms with van der Waals surface area (Å²) in [5, 5.41) is 2.26. The lowest BCUT2D eigenvalue weighted by molar-refractivity contribution is -0.132. The lowest BCUT2D eigenvalue weighted by Gasteiger charge is -2.22. The third kappa shape index (κ3) is 3.09. The second-order valence-corrected chi connectivity index (χ2v) is 5.46. The van der Waals surface area contributed by atoms with Crippen molar-refractivity contribution in [1.29, 1.82) is 0 Å². The van der Waals surface area contributed by atoms with E-state index in [0.29, 0.717) is 23.1 Å². The van der Waals surface area contributed by atoms with Gasteiger partial charge in [0.25, 0.3) is 0 Å². The largest absolute Gasteiger partial charge is 0.282 e. The van der Waals surface area contributed by atoms with E-state index in [2.05, 4.69) is 15.4 Å². The number of amides is 1. The first-order valence-corrected chi connectivity index (χ1v) is 7.32. The van der Waals surface area contributed by atoms with E-state index >= 15 is 0 Å². The summed E-state index contributed by atoms with van der Waals surface area (Å²) >= 11 is 5.93. The van der Waals surface area contributed by atoms with Crippen LogP contribution in [0.4, 0.5) is 5.82 Å². The summed E-state index contributed by atoms with van der Waals surface area (Å²) in [5.41, 5.74) is 4.08. The van der Waals surface area contributed by atoms with E-state index in [-0.39, 0.29) is 11.9 Å². The van der Waals surface area contributed by atoms with Crippen LogP contribution in [0.15, 0.2) is 53.7 Å². The number of carbonyl (C=O) groups is 1. The lowest BCUT2D eigenvalue weighted by Crippen LogP contribution is -2.38. The Hall–Kier alpha value is -2.40. The monoisotopic (exact) mass is 314 g/mol. The van der Waals surface area contributed by atoms with Gasteiger partial charge in [0, 0.05) is 24.6 Å². The number of halogens is 1. The van der Waals surface area contributed by atoms with Crippen LogP contribution in [0.5, 0.6) is 0 Å². The molecule has 1 saturated heterocycles. The molecular weight excluding hydrogens is 300 g/mol. The molecule has 5 nitrogen and oxygen atoms in total. The molecule has 1 fully saturated rings. The van der Waals surface area contributed by atoms with Crippen molar-refractivity contribution in [3.63, 3.8) is 0 Å². The fraction of sp³-hybridized carbons (Fsp3) is 0.188. The SMILES string of the molecule is CC(=O)N1N/C(=N\c2ccccn2)CC1c1ccc(Cl)cc1. The number of carbonyl (C=O) groups excluding carboxylic acids is 1. The third-order valence-electron chi connectivity index (χ3n) is 3.44. The molecule has 22 heavy (non-hydrogen) atoms. The van der Waals surface area contributed by atoms with Crippen molar-refractivity contribution in [1.82, 2.24) is 15.4 Å². The quantitative estimate of drug-likeness (QED) is 0.925. The van der Waals surface area contributed by atoms with Gasteiger partial charge in [0.15, 0.2) is 5.82 Å². The summed E-state index contributed by atoms with van der Waals surface area (Å²) in [7, 11) is 0. The van der Waals surface area contributed by atoms with Gasteiger partial charge in [-0.1, -0.05) is 29.8 Å². The van der Waals surface area contributed by atoms with E-state index in [1.54, 1.807) is 11.2 Å². The highest BCUT2D eigenvalue weighted by Gasteiger charge is 2.32. The van der Waals surface area contributed by atoms with Crippen LogP contribution in [0.2, 0.25) is 5.02 Å². The van der Waals surface area contributed by atoms with E-state index in [0.717, 1.165) is 5.56 Å². The van der Waals surface area contributed by atoms with Crippen LogP contribution in [-0.4, -0.2) is 21.7 Å². The van der Waals surface area contributed by atoms with Crippen molar-refractivity contribution < 1.29 is 4.79 Å². The van der Waals surface area contributed by atoms with Crippen molar-refractivity contribution in [3.05, 3.63) is 59.2 Å². The van der Waals surface area contributed by atoms with Crippen LogP contribution < -0.4 is 5.43 Å². The highest BCUT2D eigenvalue weighted by Crippen LogP contribution is 2.29. The molecule has 1 amide bonds. The minimum atomic E-state index is -0.0998. The molecule has 1 unspecified atom stereocenters. The van der Waals surface area contributed by atoms with Gasteiger partial charge in [0.05, 0.1) is 6.04 Å². The molecule has 0 aliphatic carbocycles. The maximum Gasteiger partial charge on any atom is 0.238 e. The van der Waals surface area contributed by atoms with Crippen molar-refractivity contribution >= 4 is 29.2 Å². The second kappa shape index (κ2) is 6.15. The number of benzene rings is 1. The van der Waals surface area contributed by atoms with Crippen molar-refractivity contribution in [2.45, 2.75) is 19.4 Å². The van der Waals surface area contributed by atoms with Crippen LogP contribution in [0, 0.1) is 0 Å². The molecule has 2 heterocycles. The van der Waals surface area contributed by atoms with Gasteiger partial charge in [-0.2, -0.15) is 0 Å². The molecule has 0 radical (unpaired) electrons. The number of hydrogen-bond acceptors (Lipinski definition) is 3. The second-order valence-electron chi connectivity index (χ2n) is 5.02. The van der Waals surface area contributed by atoms with Gasteiger partial charge in [-0.05, 0) is 29.8 Å². The van der Waals surface area contributed by atoms with E-state index in [1.165, 1.54) is 6.92 Å². The lowest BCUT2D eigenvalue weighted by atomic mass is 10.0. The third-order valence-corrected chi connectivity index (χ3v) is 3.69. The maximum atomic E-state index is 11.9. The summed E-state index contributed by atoms with van der Waals surface area (Å²) in [6, 6.07) is 12.9. The predicted octanol–water partition coefficient (Wildman–Crippen LogP) is 3.26. The molecule has 112 valence electrons. The van der Waals surface area contributed by atoms with Crippen LogP contribution in [-0.2, 0) is 4.79 Å². The van der Waals surface area contributed by atoms with E-state index in [1.807, 2.05) is 42.5 Å². The number of hydrazine groups is 1. The van der Waals surface area contributed by atoms with Gasteiger partial charge in [-0.15, -0.1) is 0 Å². The van der Waals surface area contributed by atoms with Crippen molar-refractivity contribution in [2.24, 2.45) is 4.99 Å². The average molecular weight is 315 g/mol. The molecule has 1 N–H and O–H groups in total. The van der Waals surface area contributed by atoms with E-state index in [4.69, 9.17) is 11.6 Å². The molecule has 1 aliphatic heterocycles. The smallest absolute Gasteiger partial charge is 0.238 e. The Balaban J connectivity index is 1.88. The molecular formula is C16H15ClN4O. The first-order chi connectivity index (χ1) is 10.6. The molecule has 0 saturated carbocycles. The average Bonchev–Trinajstić information content (AvgIpc) is 2.93. The van der Waals surface area contributed by atoms with E-state index < -0.39 is 0 Å². The Bertz CT molecular complexity index is 700. The van der Waals surface area contributed by atoms with Crippen LogP contribution in [0.3, 0.4) is 0 Å². The van der Waals surface area contributed by atoms with Gasteiger partial charge < -0.3 is 0 Å². The van der Waals surface area contributed by atoms with Crippen molar-refractivity contribution in [2.75, 3.05) is 0 Å². The van der Waals surface area contributed by atoms with Gasteiger partial charge in [0.1, 0.15) is 5.84 Å². The van der Waals surface area contributed by atoms with E-state index in [9.17, 15) is 4.79 Å². The standard InChI is InChI=1S/C16H15ClN4O/c1-11(22)21-14(12-5-7-13(17)8-6-12)10-16(20-21)19-15-4-2-3-9-18-15/h2-9,14H,10H2,1H3,(H,18,19,20). The zero-order chi connectivity index (χ0) is 15.5. The summed E-state index contributed by atoms with van der Waals surface area (Å²) in [6.45, 7) is 1.53. The number of pyridine rings is 1. The zero-order valence-electron chi connectivity index (χ0n) is 12.0. The molecule has 1 aliphatic rings. The number of nitrogens with zero attached hydrogens (tertiary/aromatic N) is 3. The predicted molar refractivity (Wildman–Crippen MR) is 85.8 cm³/mol. The summed E-state index contributed by atoms with van der Waals surface area (Å²) < 4.78 is 0. The molecule has 1 aromatic heterocycles. The summed E-state index contributed by atoms with van der Waals surface area (Å²) in [6.07, 6.45) is 2.30. The Morgan fingerprint density at radius 2 is 2.09 bits per heavy atom. The number of amidine groups is 1. The molecule has 1 atom stereocenters. The fourth-order valence-corrected chi connectivity index (χ4v) is 2.54. The fourth-order valence-electron chi connectivity index (χ4n) is 2.42. The molecule has 0 spiro atoms. The number of aromatic nitrogens is 1. The first kappa shape index (κ1) is 14.5. The molecule has 6 heteroatoms. The van der Waals surface area contributed by atoms with Gasteiger partial charge in [-0.3, -0.25) is 10.2 Å². The Kier molecular flexibility index (Phi) is 4.06. The van der Waals surface area contributed by atoms with Gasteiger partial charge >= 0.3 is 0 Å². The van der Waals surface area contributed by atoms with Crippen molar-refractivity contribution in [3.8, 4) is 0 Å². The Morgan fingerprint density at radius 3 is 2.73 bits per heavy atom. The topological polar surface area (TPSA) is 57.6 Å². The number of aliphatic imine (C=N–C) groups is 1. The van der Waals surface area contributed by atoms with Gasteiger partial charge in [0.2, 0.25) is 5.91 Å². The maximum absolute atomic E-state index is 11.9. The molecule has 3 rings (SSSR count). The number of hydrogen-bond donors (Lipinski definition) is 1. The normalized spacial score (nSPS) is 19.3. The highest BCUT2D eigenvalue weighted by molar-refractivity contribution is 6.30. The molecule has 0 bridgehead atoms. The van der Waals surface area contributed by atoms with Crippen LogP contribution in [0.1, 0.15) is 24.9 Å². The Morgan fingerprint density at radius 1 is 1.32 bits per heavy atom. The minimum Gasteiger partial charge on any atom is -0.282 e. The Labute approximate surface area is 133 Å². The molecule has 1 aromatic carbocycles. The first-order valence-electron chi connectivity index (χ1n) is 6.94. The highest BCUT2D eigenvalue weighted by atomic mass is 35.5. The minimum absolute atomic E-state index is 0.0637. The van der Waals surface area contributed by atoms with Gasteiger partial charge in [-0.25, -0.2) is 15.0 Å². The summed E-state index contributed by atoms with van der Waals surface area (Å²) in [4.78, 5) is 20.5. The zero-order valence-corrected chi connectivity index (χ0v) is 12.8. The van der Waals surface area contributed by atoms with Crippen LogP contribution in [0.25, 0.3) is 0 Å².